The molecule has 2 aromatic carbocycles. The summed E-state index contributed by atoms with van der Waals surface area (Å²) in [4.78, 5) is 0. The SMILES string of the molecule is Cc1cc(N)c(Cc2ccc(C3CC3)cc2)cc1[C@@H]1O[C@H](CO)[C@@H](O)[C@H](O)[C@H]1O. The van der Waals surface area contributed by atoms with E-state index in [0.29, 0.717) is 23.6 Å². The largest absolute Gasteiger partial charge is 0.398 e. The summed E-state index contributed by atoms with van der Waals surface area (Å²) in [7, 11) is 0. The molecule has 0 amide bonds. The molecule has 1 heterocycles. The van der Waals surface area contributed by atoms with Crippen LogP contribution in [-0.4, -0.2) is 51.4 Å². The average Bonchev–Trinajstić information content (AvgIpc) is 3.55. The van der Waals surface area contributed by atoms with Crippen LogP contribution in [0.3, 0.4) is 0 Å². The van der Waals surface area contributed by atoms with Gasteiger partial charge in [0, 0.05) is 5.69 Å². The highest BCUT2D eigenvalue weighted by atomic mass is 16.5. The summed E-state index contributed by atoms with van der Waals surface area (Å²) in [5.74, 6) is 0.714. The van der Waals surface area contributed by atoms with Crippen molar-refractivity contribution in [2.75, 3.05) is 12.3 Å². The van der Waals surface area contributed by atoms with E-state index in [0.717, 1.165) is 16.7 Å². The first-order valence-corrected chi connectivity index (χ1v) is 10.2. The van der Waals surface area contributed by atoms with Gasteiger partial charge in [-0.25, -0.2) is 0 Å². The van der Waals surface area contributed by atoms with Crippen molar-refractivity contribution in [3.8, 4) is 0 Å². The van der Waals surface area contributed by atoms with E-state index in [1.54, 1.807) is 0 Å². The number of aliphatic hydroxyl groups excluding tert-OH is 4. The zero-order chi connectivity index (χ0) is 20.7. The Bertz CT molecular complexity index is 862. The van der Waals surface area contributed by atoms with Crippen molar-refractivity contribution >= 4 is 5.69 Å². The number of ether oxygens (including phenoxy) is 1. The molecular formula is C23H29NO5. The van der Waals surface area contributed by atoms with Crippen LogP contribution < -0.4 is 5.73 Å². The quantitative estimate of drug-likeness (QED) is 0.487. The number of aryl methyl sites for hydroxylation is 1. The average molecular weight is 399 g/mol. The summed E-state index contributed by atoms with van der Waals surface area (Å²) in [6.45, 7) is 1.41. The lowest BCUT2D eigenvalue weighted by Gasteiger charge is -2.40. The molecule has 1 saturated heterocycles. The highest BCUT2D eigenvalue weighted by Crippen LogP contribution is 2.40. The van der Waals surface area contributed by atoms with Crippen LogP contribution in [0.2, 0.25) is 0 Å². The minimum Gasteiger partial charge on any atom is -0.398 e. The first kappa shape index (κ1) is 20.3. The van der Waals surface area contributed by atoms with E-state index >= 15 is 0 Å². The van der Waals surface area contributed by atoms with Gasteiger partial charge in [0.15, 0.2) is 0 Å². The molecule has 2 fully saturated rings. The molecule has 1 aliphatic carbocycles. The molecule has 6 heteroatoms. The first-order valence-electron chi connectivity index (χ1n) is 10.2. The second-order valence-electron chi connectivity index (χ2n) is 8.35. The zero-order valence-corrected chi connectivity index (χ0v) is 16.5. The lowest BCUT2D eigenvalue weighted by molar-refractivity contribution is -0.231. The van der Waals surface area contributed by atoms with E-state index < -0.39 is 37.1 Å². The molecular weight excluding hydrogens is 370 g/mol. The van der Waals surface area contributed by atoms with Gasteiger partial charge in [0.1, 0.15) is 30.5 Å². The maximum Gasteiger partial charge on any atom is 0.113 e. The van der Waals surface area contributed by atoms with E-state index in [1.807, 2.05) is 19.1 Å². The Balaban J connectivity index is 1.61. The molecule has 6 nitrogen and oxygen atoms in total. The third-order valence-electron chi connectivity index (χ3n) is 6.15. The van der Waals surface area contributed by atoms with Crippen LogP contribution in [0.1, 0.15) is 52.7 Å². The van der Waals surface area contributed by atoms with Gasteiger partial charge in [0.25, 0.3) is 0 Å². The van der Waals surface area contributed by atoms with Gasteiger partial charge in [-0.05, 0) is 66.0 Å². The van der Waals surface area contributed by atoms with Crippen LogP contribution in [-0.2, 0) is 11.2 Å². The molecule has 0 unspecified atom stereocenters. The Labute approximate surface area is 170 Å². The van der Waals surface area contributed by atoms with Crippen molar-refractivity contribution in [2.24, 2.45) is 0 Å². The number of nitrogen functional groups attached to an aromatic ring is 1. The normalized spacial score (nSPS) is 29.8. The molecule has 0 aromatic heterocycles. The Hall–Kier alpha value is -1.96. The first-order chi connectivity index (χ1) is 13.9. The van der Waals surface area contributed by atoms with Crippen molar-refractivity contribution in [3.63, 3.8) is 0 Å². The summed E-state index contributed by atoms with van der Waals surface area (Å²) in [5, 5.41) is 40.1. The summed E-state index contributed by atoms with van der Waals surface area (Å²) in [6.07, 6.45) is -2.69. The van der Waals surface area contributed by atoms with Gasteiger partial charge < -0.3 is 30.9 Å². The Morgan fingerprint density at radius 3 is 2.31 bits per heavy atom. The van der Waals surface area contributed by atoms with Crippen LogP contribution in [0.25, 0.3) is 0 Å². The minimum atomic E-state index is -1.40. The van der Waals surface area contributed by atoms with Gasteiger partial charge in [0.2, 0.25) is 0 Å². The maximum atomic E-state index is 10.5. The monoisotopic (exact) mass is 399 g/mol. The third kappa shape index (κ3) is 4.04. The molecule has 0 spiro atoms. The van der Waals surface area contributed by atoms with E-state index in [4.69, 9.17) is 10.5 Å². The van der Waals surface area contributed by atoms with Crippen molar-refractivity contribution in [1.29, 1.82) is 0 Å². The van der Waals surface area contributed by atoms with Gasteiger partial charge in [-0.1, -0.05) is 30.3 Å². The van der Waals surface area contributed by atoms with Gasteiger partial charge in [-0.2, -0.15) is 0 Å². The number of rotatable bonds is 5. The van der Waals surface area contributed by atoms with Crippen molar-refractivity contribution in [1.82, 2.24) is 0 Å². The predicted molar refractivity (Wildman–Crippen MR) is 110 cm³/mol. The molecule has 4 rings (SSSR count). The van der Waals surface area contributed by atoms with Gasteiger partial charge in [-0.15, -0.1) is 0 Å². The van der Waals surface area contributed by atoms with Crippen LogP contribution in [0, 0.1) is 6.92 Å². The fourth-order valence-electron chi connectivity index (χ4n) is 4.16. The Morgan fingerprint density at radius 1 is 1.00 bits per heavy atom. The summed E-state index contributed by atoms with van der Waals surface area (Å²) in [5.41, 5.74) is 11.9. The molecule has 6 N–H and O–H groups in total. The van der Waals surface area contributed by atoms with Crippen molar-refractivity contribution in [3.05, 3.63) is 64.2 Å². The topological polar surface area (TPSA) is 116 Å². The number of hydrogen-bond donors (Lipinski definition) is 5. The summed E-state index contributed by atoms with van der Waals surface area (Å²) < 4.78 is 5.74. The number of nitrogens with two attached hydrogens (primary N) is 1. The Morgan fingerprint density at radius 2 is 1.69 bits per heavy atom. The molecule has 2 aliphatic rings. The molecule has 2 aromatic rings. The van der Waals surface area contributed by atoms with Crippen molar-refractivity contribution < 1.29 is 25.2 Å². The summed E-state index contributed by atoms with van der Waals surface area (Å²) in [6, 6.07) is 12.3. The highest BCUT2D eigenvalue weighted by molar-refractivity contribution is 5.54. The number of anilines is 1. The fraction of sp³-hybridized carbons (Fsp3) is 0.478. The number of aliphatic hydroxyl groups is 4. The molecule has 5 atom stereocenters. The van der Waals surface area contributed by atoms with Crippen LogP contribution in [0.4, 0.5) is 5.69 Å². The minimum absolute atomic E-state index is 0.449. The smallest absolute Gasteiger partial charge is 0.113 e. The van der Waals surface area contributed by atoms with E-state index in [2.05, 4.69) is 24.3 Å². The molecule has 0 radical (unpaired) electrons. The number of hydrogen-bond acceptors (Lipinski definition) is 6. The molecule has 1 saturated carbocycles. The predicted octanol–water partition coefficient (Wildman–Crippen LogP) is 1.56. The maximum absolute atomic E-state index is 10.5. The molecule has 156 valence electrons. The number of benzene rings is 2. The third-order valence-corrected chi connectivity index (χ3v) is 6.15. The second-order valence-corrected chi connectivity index (χ2v) is 8.35. The lowest BCUT2D eigenvalue weighted by Crippen LogP contribution is -2.55. The second kappa shape index (κ2) is 8.05. The van der Waals surface area contributed by atoms with Crippen LogP contribution in [0.15, 0.2) is 36.4 Å². The molecule has 1 aliphatic heterocycles. The molecule has 0 bridgehead atoms. The Kier molecular flexibility index (Phi) is 5.64. The highest BCUT2D eigenvalue weighted by Gasteiger charge is 2.44. The van der Waals surface area contributed by atoms with Crippen LogP contribution in [0.5, 0.6) is 0 Å². The molecule has 29 heavy (non-hydrogen) atoms. The summed E-state index contributed by atoms with van der Waals surface area (Å²) >= 11 is 0. The standard InChI is InChI=1S/C23H29NO5/c1-12-8-18(24)16(9-13-2-4-14(5-3-13)15-6-7-15)10-17(12)23-22(28)21(27)20(26)19(11-25)29-23/h2-5,8,10,15,19-23,25-28H,6-7,9,11,24H2,1H3/t19-,20-,21+,22-,23+/m1/s1. The van der Waals surface area contributed by atoms with Gasteiger partial charge in [0.05, 0.1) is 6.61 Å². The van der Waals surface area contributed by atoms with Crippen molar-refractivity contribution in [2.45, 2.75) is 62.6 Å². The van der Waals surface area contributed by atoms with Crippen LogP contribution >= 0.6 is 0 Å². The fourth-order valence-corrected chi connectivity index (χ4v) is 4.16. The van der Waals surface area contributed by atoms with E-state index in [1.165, 1.54) is 18.4 Å². The van der Waals surface area contributed by atoms with Gasteiger partial charge >= 0.3 is 0 Å². The zero-order valence-electron chi connectivity index (χ0n) is 16.5. The van der Waals surface area contributed by atoms with Gasteiger partial charge in [-0.3, -0.25) is 0 Å². The van der Waals surface area contributed by atoms with E-state index in [-0.39, 0.29) is 0 Å². The lowest BCUT2D eigenvalue weighted by atomic mass is 9.87. The van der Waals surface area contributed by atoms with E-state index in [9.17, 15) is 20.4 Å².